The molecule has 17 heavy (non-hydrogen) atoms. The summed E-state index contributed by atoms with van der Waals surface area (Å²) < 4.78 is 6.21. The highest BCUT2D eigenvalue weighted by molar-refractivity contribution is 9.10. The summed E-state index contributed by atoms with van der Waals surface area (Å²) in [6.45, 7) is 0. The Balaban J connectivity index is 2.35. The quantitative estimate of drug-likeness (QED) is 0.912. The van der Waals surface area contributed by atoms with E-state index in [4.69, 9.17) is 10.5 Å². The fourth-order valence-electron chi connectivity index (χ4n) is 1.43. The molecule has 2 aromatic rings. The summed E-state index contributed by atoms with van der Waals surface area (Å²) in [6.07, 6.45) is 1.68. The lowest BCUT2D eigenvalue weighted by Gasteiger charge is -2.12. The average Bonchev–Trinajstić information content (AvgIpc) is 2.32. The highest BCUT2D eigenvalue weighted by atomic mass is 79.9. The van der Waals surface area contributed by atoms with Crippen LogP contribution in [0.25, 0.3) is 0 Å². The number of rotatable bonds is 3. The predicted octanol–water partition coefficient (Wildman–Crippen LogP) is 3.18. The van der Waals surface area contributed by atoms with E-state index in [2.05, 4.69) is 26.2 Å². The first-order valence-electron chi connectivity index (χ1n) is 5.02. The Morgan fingerprint density at radius 3 is 2.88 bits per heavy atom. The van der Waals surface area contributed by atoms with E-state index in [-0.39, 0.29) is 0 Å². The minimum Gasteiger partial charge on any atom is -0.495 e. The number of methoxy groups -OCH3 is 1. The molecule has 0 saturated heterocycles. The molecule has 5 heteroatoms. The van der Waals surface area contributed by atoms with Crippen molar-refractivity contribution in [2.24, 2.45) is 0 Å². The molecule has 0 aliphatic rings. The molecule has 0 atom stereocenters. The minimum absolute atomic E-state index is 0.592. The van der Waals surface area contributed by atoms with Crippen LogP contribution in [-0.2, 0) is 0 Å². The van der Waals surface area contributed by atoms with Crippen molar-refractivity contribution in [1.29, 1.82) is 0 Å². The van der Waals surface area contributed by atoms with Gasteiger partial charge in [-0.15, -0.1) is 0 Å². The van der Waals surface area contributed by atoms with Gasteiger partial charge in [0.1, 0.15) is 5.75 Å². The number of ether oxygens (including phenoxy) is 1. The molecule has 1 aromatic carbocycles. The molecule has 0 spiro atoms. The van der Waals surface area contributed by atoms with Gasteiger partial charge in [-0.25, -0.2) is 4.98 Å². The molecule has 0 saturated carbocycles. The maximum atomic E-state index is 5.82. The number of nitrogens with two attached hydrogens (primary N) is 1. The van der Waals surface area contributed by atoms with Gasteiger partial charge >= 0.3 is 0 Å². The van der Waals surface area contributed by atoms with Crippen LogP contribution in [0.5, 0.6) is 5.75 Å². The Morgan fingerprint density at radius 2 is 2.18 bits per heavy atom. The van der Waals surface area contributed by atoms with Crippen LogP contribution in [-0.4, -0.2) is 12.1 Å². The molecule has 0 aliphatic heterocycles. The van der Waals surface area contributed by atoms with Crippen molar-refractivity contribution in [3.63, 3.8) is 0 Å². The number of nitrogens with zero attached hydrogens (tertiary/aromatic N) is 1. The number of halogens is 1. The lowest BCUT2D eigenvalue weighted by Crippen LogP contribution is -2.00. The van der Waals surface area contributed by atoms with Crippen LogP contribution >= 0.6 is 15.9 Å². The van der Waals surface area contributed by atoms with E-state index in [9.17, 15) is 0 Å². The van der Waals surface area contributed by atoms with Crippen LogP contribution in [0.1, 0.15) is 0 Å². The van der Waals surface area contributed by atoms with Gasteiger partial charge < -0.3 is 15.8 Å². The van der Waals surface area contributed by atoms with Crippen molar-refractivity contribution in [1.82, 2.24) is 4.98 Å². The summed E-state index contributed by atoms with van der Waals surface area (Å²) in [5.41, 5.74) is 7.22. The Kier molecular flexibility index (Phi) is 3.49. The van der Waals surface area contributed by atoms with Crippen LogP contribution < -0.4 is 15.8 Å². The topological polar surface area (TPSA) is 60.2 Å². The van der Waals surface area contributed by atoms with Gasteiger partial charge in [-0.2, -0.15) is 0 Å². The number of benzene rings is 1. The van der Waals surface area contributed by atoms with Crippen LogP contribution in [0.15, 0.2) is 41.0 Å². The summed E-state index contributed by atoms with van der Waals surface area (Å²) in [4.78, 5) is 4.17. The maximum Gasteiger partial charge on any atom is 0.153 e. The number of aromatic nitrogens is 1. The second kappa shape index (κ2) is 5.05. The van der Waals surface area contributed by atoms with Crippen molar-refractivity contribution in [3.05, 3.63) is 41.0 Å². The molecule has 1 aromatic heterocycles. The zero-order valence-corrected chi connectivity index (χ0v) is 10.9. The van der Waals surface area contributed by atoms with E-state index < -0.39 is 0 Å². The van der Waals surface area contributed by atoms with Gasteiger partial charge in [0.15, 0.2) is 5.82 Å². The van der Waals surface area contributed by atoms with E-state index >= 15 is 0 Å². The zero-order valence-electron chi connectivity index (χ0n) is 9.27. The number of nitrogen functional groups attached to an aromatic ring is 1. The van der Waals surface area contributed by atoms with Crippen molar-refractivity contribution in [2.75, 3.05) is 18.2 Å². The fraction of sp³-hybridized carbons (Fsp3) is 0.0833. The number of hydrogen-bond donors (Lipinski definition) is 2. The van der Waals surface area contributed by atoms with Gasteiger partial charge in [0.05, 0.1) is 18.5 Å². The molecule has 2 rings (SSSR count). The Bertz CT molecular complexity index is 531. The zero-order chi connectivity index (χ0) is 12.3. The van der Waals surface area contributed by atoms with E-state index in [1.807, 2.05) is 18.2 Å². The maximum absolute atomic E-state index is 5.82. The number of anilines is 3. The first-order valence-corrected chi connectivity index (χ1v) is 5.81. The molecular weight excluding hydrogens is 282 g/mol. The number of nitrogens with one attached hydrogen (secondary N) is 1. The summed E-state index contributed by atoms with van der Waals surface area (Å²) in [6, 6.07) is 9.27. The largest absolute Gasteiger partial charge is 0.495 e. The third-order valence-corrected chi connectivity index (χ3v) is 2.75. The first-order chi connectivity index (χ1) is 8.20. The highest BCUT2D eigenvalue weighted by Gasteiger charge is 2.06. The summed E-state index contributed by atoms with van der Waals surface area (Å²) in [5.74, 6) is 1.35. The van der Waals surface area contributed by atoms with Crippen molar-refractivity contribution >= 4 is 33.1 Å². The van der Waals surface area contributed by atoms with Gasteiger partial charge in [0.2, 0.25) is 0 Å². The SMILES string of the molecule is COc1ccc(Br)cc1Nc1ncccc1N. The Labute approximate surface area is 108 Å². The monoisotopic (exact) mass is 293 g/mol. The molecule has 3 N–H and O–H groups in total. The molecule has 0 bridgehead atoms. The number of hydrogen-bond acceptors (Lipinski definition) is 4. The first kappa shape index (κ1) is 11.7. The van der Waals surface area contributed by atoms with E-state index in [0.717, 1.165) is 15.9 Å². The Hall–Kier alpha value is -1.75. The van der Waals surface area contributed by atoms with Gasteiger partial charge in [0.25, 0.3) is 0 Å². The smallest absolute Gasteiger partial charge is 0.153 e. The molecule has 0 unspecified atom stereocenters. The predicted molar refractivity (Wildman–Crippen MR) is 72.6 cm³/mol. The second-order valence-corrected chi connectivity index (χ2v) is 4.33. The Morgan fingerprint density at radius 1 is 1.35 bits per heavy atom. The molecule has 0 amide bonds. The summed E-state index contributed by atoms with van der Waals surface area (Å²) >= 11 is 3.41. The second-order valence-electron chi connectivity index (χ2n) is 3.41. The summed E-state index contributed by atoms with van der Waals surface area (Å²) in [5, 5.41) is 3.14. The van der Waals surface area contributed by atoms with E-state index in [1.54, 1.807) is 25.4 Å². The van der Waals surface area contributed by atoms with Gasteiger partial charge in [-0.3, -0.25) is 0 Å². The van der Waals surface area contributed by atoms with Crippen LogP contribution in [0.2, 0.25) is 0 Å². The molecule has 0 aliphatic carbocycles. The molecule has 0 fully saturated rings. The third kappa shape index (κ3) is 2.68. The van der Waals surface area contributed by atoms with E-state index in [0.29, 0.717) is 11.5 Å². The van der Waals surface area contributed by atoms with Crippen molar-refractivity contribution in [3.8, 4) is 5.75 Å². The van der Waals surface area contributed by atoms with Crippen molar-refractivity contribution < 1.29 is 4.74 Å². The highest BCUT2D eigenvalue weighted by Crippen LogP contribution is 2.31. The van der Waals surface area contributed by atoms with Crippen LogP contribution in [0.4, 0.5) is 17.2 Å². The number of pyridine rings is 1. The third-order valence-electron chi connectivity index (χ3n) is 2.25. The van der Waals surface area contributed by atoms with E-state index in [1.165, 1.54) is 0 Å². The van der Waals surface area contributed by atoms with Crippen LogP contribution in [0.3, 0.4) is 0 Å². The molecule has 4 nitrogen and oxygen atoms in total. The van der Waals surface area contributed by atoms with Gasteiger partial charge in [-0.05, 0) is 30.3 Å². The summed E-state index contributed by atoms with van der Waals surface area (Å²) in [7, 11) is 1.62. The van der Waals surface area contributed by atoms with Gasteiger partial charge in [0, 0.05) is 10.7 Å². The van der Waals surface area contributed by atoms with Crippen molar-refractivity contribution in [2.45, 2.75) is 0 Å². The van der Waals surface area contributed by atoms with Crippen LogP contribution in [0, 0.1) is 0 Å². The molecule has 88 valence electrons. The minimum atomic E-state index is 0.592. The lowest BCUT2D eigenvalue weighted by molar-refractivity contribution is 0.416. The normalized spacial score (nSPS) is 10.0. The fourth-order valence-corrected chi connectivity index (χ4v) is 1.79. The average molecular weight is 294 g/mol. The molecule has 0 radical (unpaired) electrons. The molecular formula is C12H12BrN3O. The lowest BCUT2D eigenvalue weighted by atomic mass is 10.3. The standard InChI is InChI=1S/C12H12BrN3O/c1-17-11-5-4-8(13)7-10(11)16-12-9(14)3-2-6-15-12/h2-7H,14H2,1H3,(H,15,16). The molecule has 1 heterocycles. The van der Waals surface area contributed by atoms with Gasteiger partial charge in [-0.1, -0.05) is 15.9 Å².